The van der Waals surface area contributed by atoms with Gasteiger partial charge < -0.3 is 0 Å². The van der Waals surface area contributed by atoms with Crippen LogP contribution in [0.5, 0.6) is 0 Å². The number of rotatable bonds is 1. The average Bonchev–Trinajstić information content (AvgIpc) is 1.64. The zero-order chi connectivity index (χ0) is 8.78. The third-order valence-electron chi connectivity index (χ3n) is 0.640. The second kappa shape index (κ2) is 5.50. The van der Waals surface area contributed by atoms with E-state index < -0.39 is 12.6 Å². The normalized spacial score (nSPS) is 10.8. The van der Waals surface area contributed by atoms with Gasteiger partial charge in [-0.25, -0.2) is 0 Å². The van der Waals surface area contributed by atoms with Gasteiger partial charge in [0.2, 0.25) is 0 Å². The summed E-state index contributed by atoms with van der Waals surface area (Å²) in [7, 11) is 0.500. The van der Waals surface area contributed by atoms with E-state index >= 15 is 0 Å². The number of hydrogen-bond donors (Lipinski definition) is 0. The second-order valence-electron chi connectivity index (χ2n) is 2.21. The Morgan fingerprint density at radius 2 is 1.40 bits per heavy atom. The van der Waals surface area contributed by atoms with E-state index in [2.05, 4.69) is 0 Å². The van der Waals surface area contributed by atoms with Crippen LogP contribution in [0.25, 0.3) is 0 Å². The van der Waals surface area contributed by atoms with Crippen molar-refractivity contribution in [3.8, 4) is 0 Å². The van der Waals surface area contributed by atoms with Crippen molar-refractivity contribution in [2.24, 2.45) is 5.92 Å². The highest BCUT2D eigenvalue weighted by Gasteiger charge is 2.27. The molecular formula is C6H12F4. The van der Waals surface area contributed by atoms with Crippen LogP contribution < -0.4 is 0 Å². The molecule has 0 nitrogen and oxygen atoms in total. The molecule has 64 valence electrons. The van der Waals surface area contributed by atoms with Crippen LogP contribution in [0.3, 0.4) is 0 Å². The van der Waals surface area contributed by atoms with Crippen LogP contribution in [-0.2, 0) is 0 Å². The maximum Gasteiger partial charge on any atom is 0.389 e. The summed E-state index contributed by atoms with van der Waals surface area (Å²) in [5, 5.41) is 0. The molecule has 0 N–H and O–H groups in total. The van der Waals surface area contributed by atoms with E-state index in [9.17, 15) is 17.6 Å². The van der Waals surface area contributed by atoms with Crippen molar-refractivity contribution in [3.63, 3.8) is 0 Å². The van der Waals surface area contributed by atoms with Gasteiger partial charge in [0, 0.05) is 6.42 Å². The summed E-state index contributed by atoms with van der Waals surface area (Å²) in [6.07, 6.45) is -4.65. The molecule has 0 fully saturated rings. The summed E-state index contributed by atoms with van der Waals surface area (Å²) in [6, 6.07) is 0. The first-order valence-electron chi connectivity index (χ1n) is 2.86. The first-order valence-corrected chi connectivity index (χ1v) is 2.86. The first-order chi connectivity index (χ1) is 4.42. The molecular weight excluding hydrogens is 148 g/mol. The van der Waals surface area contributed by atoms with Crippen LogP contribution in [-0.4, -0.2) is 13.4 Å². The van der Waals surface area contributed by atoms with E-state index in [1.54, 1.807) is 13.8 Å². The van der Waals surface area contributed by atoms with Gasteiger partial charge >= 0.3 is 6.18 Å². The van der Waals surface area contributed by atoms with Crippen molar-refractivity contribution in [1.29, 1.82) is 0 Å². The highest BCUT2D eigenvalue weighted by molar-refractivity contribution is 4.52. The summed E-state index contributed by atoms with van der Waals surface area (Å²) >= 11 is 0. The van der Waals surface area contributed by atoms with Crippen LogP contribution in [0.1, 0.15) is 20.3 Å². The van der Waals surface area contributed by atoms with Gasteiger partial charge in [-0.1, -0.05) is 13.8 Å². The summed E-state index contributed by atoms with van der Waals surface area (Å²) in [6.45, 7) is 3.10. The Morgan fingerprint density at radius 3 is 1.40 bits per heavy atom. The number of halogens is 4. The third kappa shape index (κ3) is 15.6. The smallest absolute Gasteiger partial charge is 0.255 e. The van der Waals surface area contributed by atoms with Crippen molar-refractivity contribution in [3.05, 3.63) is 0 Å². The number of hydrogen-bond acceptors (Lipinski definition) is 0. The minimum atomic E-state index is -3.98. The first kappa shape index (κ1) is 12.4. The molecule has 0 saturated heterocycles. The molecule has 0 aliphatic carbocycles. The fourth-order valence-corrected chi connectivity index (χ4v) is 0.463. The van der Waals surface area contributed by atoms with Gasteiger partial charge in [0.15, 0.2) is 0 Å². The molecule has 0 aromatic rings. The van der Waals surface area contributed by atoms with E-state index in [0.29, 0.717) is 7.18 Å². The van der Waals surface area contributed by atoms with E-state index in [1.807, 2.05) is 0 Å². The maximum absolute atomic E-state index is 11.3. The molecule has 0 atom stereocenters. The minimum Gasteiger partial charge on any atom is -0.255 e. The molecule has 0 amide bonds. The van der Waals surface area contributed by atoms with E-state index in [-0.39, 0.29) is 5.92 Å². The Labute approximate surface area is 58.2 Å². The summed E-state index contributed by atoms with van der Waals surface area (Å²) in [4.78, 5) is 0. The SMILES string of the molecule is CC(C)CC(F)(F)F.CF. The fraction of sp³-hybridized carbons (Fsp3) is 1.00. The highest BCUT2D eigenvalue weighted by Crippen LogP contribution is 2.23. The monoisotopic (exact) mass is 160 g/mol. The predicted molar refractivity (Wildman–Crippen MR) is 32.5 cm³/mol. The Hall–Kier alpha value is -0.280. The predicted octanol–water partition coefficient (Wildman–Crippen LogP) is 3.18. The lowest BCUT2D eigenvalue weighted by molar-refractivity contribution is -0.141. The topological polar surface area (TPSA) is 0 Å². The Morgan fingerprint density at radius 1 is 1.10 bits per heavy atom. The van der Waals surface area contributed by atoms with Crippen molar-refractivity contribution >= 4 is 0 Å². The van der Waals surface area contributed by atoms with Crippen LogP contribution >= 0.6 is 0 Å². The fourth-order valence-electron chi connectivity index (χ4n) is 0.463. The number of alkyl halides is 4. The molecule has 0 unspecified atom stereocenters. The maximum atomic E-state index is 11.3. The van der Waals surface area contributed by atoms with Crippen molar-refractivity contribution in [2.45, 2.75) is 26.4 Å². The molecule has 0 spiro atoms. The lowest BCUT2D eigenvalue weighted by Crippen LogP contribution is -2.10. The minimum absolute atomic E-state index is 0.282. The molecule has 0 aromatic carbocycles. The van der Waals surface area contributed by atoms with Crippen molar-refractivity contribution in [2.75, 3.05) is 7.18 Å². The van der Waals surface area contributed by atoms with Crippen molar-refractivity contribution in [1.82, 2.24) is 0 Å². The Bertz CT molecular complexity index is 64.6. The lowest BCUT2D eigenvalue weighted by Gasteiger charge is -2.07. The quantitative estimate of drug-likeness (QED) is 0.517. The van der Waals surface area contributed by atoms with E-state index in [4.69, 9.17) is 0 Å². The standard InChI is InChI=1S/C5H9F3.CH3F/c1-4(2)3-5(6,7)8;1-2/h4H,3H2,1-2H3;1H3. The molecule has 0 aliphatic heterocycles. The Balaban J connectivity index is 0. The van der Waals surface area contributed by atoms with Gasteiger partial charge in [-0.2, -0.15) is 13.2 Å². The largest absolute Gasteiger partial charge is 0.389 e. The van der Waals surface area contributed by atoms with Gasteiger partial charge in [-0.05, 0) is 5.92 Å². The molecule has 0 heterocycles. The van der Waals surface area contributed by atoms with Gasteiger partial charge in [-0.3, -0.25) is 4.39 Å². The average molecular weight is 160 g/mol. The van der Waals surface area contributed by atoms with Crippen LogP contribution in [0, 0.1) is 5.92 Å². The van der Waals surface area contributed by atoms with Crippen LogP contribution in [0.2, 0.25) is 0 Å². The Kier molecular flexibility index (Phi) is 6.82. The zero-order valence-corrected chi connectivity index (χ0v) is 6.30. The molecule has 0 radical (unpaired) electrons. The molecule has 0 bridgehead atoms. The summed E-state index contributed by atoms with van der Waals surface area (Å²) < 4.78 is 43.4. The van der Waals surface area contributed by atoms with E-state index in [1.165, 1.54) is 0 Å². The third-order valence-corrected chi connectivity index (χ3v) is 0.640. The van der Waals surface area contributed by atoms with Gasteiger partial charge in [-0.15, -0.1) is 0 Å². The van der Waals surface area contributed by atoms with Gasteiger partial charge in [0.05, 0.1) is 7.18 Å². The highest BCUT2D eigenvalue weighted by atomic mass is 19.4. The van der Waals surface area contributed by atoms with Gasteiger partial charge in [0.25, 0.3) is 0 Å². The molecule has 10 heavy (non-hydrogen) atoms. The molecule has 0 aromatic heterocycles. The van der Waals surface area contributed by atoms with Crippen molar-refractivity contribution < 1.29 is 17.6 Å². The van der Waals surface area contributed by atoms with Gasteiger partial charge in [0.1, 0.15) is 0 Å². The van der Waals surface area contributed by atoms with Crippen LogP contribution in [0.15, 0.2) is 0 Å². The molecule has 0 aliphatic rings. The molecule has 0 saturated carbocycles. The van der Waals surface area contributed by atoms with Crippen LogP contribution in [0.4, 0.5) is 17.6 Å². The summed E-state index contributed by atoms with van der Waals surface area (Å²) in [5.41, 5.74) is 0. The van der Waals surface area contributed by atoms with E-state index in [0.717, 1.165) is 0 Å². The molecule has 4 heteroatoms. The lowest BCUT2D eigenvalue weighted by atomic mass is 10.1. The summed E-state index contributed by atoms with van der Waals surface area (Å²) in [5.74, 6) is -0.282. The second-order valence-corrected chi connectivity index (χ2v) is 2.21. The molecule has 0 rings (SSSR count). The zero-order valence-electron chi connectivity index (χ0n) is 6.30.